The van der Waals surface area contributed by atoms with Crippen LogP contribution in [0.4, 0.5) is 11.5 Å². The summed E-state index contributed by atoms with van der Waals surface area (Å²) in [5, 5.41) is 0. The van der Waals surface area contributed by atoms with Gasteiger partial charge in [0.25, 0.3) is 0 Å². The summed E-state index contributed by atoms with van der Waals surface area (Å²) in [6.45, 7) is 11.7. The summed E-state index contributed by atoms with van der Waals surface area (Å²) in [7, 11) is 0. The number of anilines is 2. The predicted molar refractivity (Wildman–Crippen MR) is 70.7 cm³/mol. The van der Waals surface area contributed by atoms with E-state index in [2.05, 4.69) is 37.6 Å². The number of nitrogens with two attached hydrogens (primary N) is 1. The predicted octanol–water partition coefficient (Wildman–Crippen LogP) is 2.84. The Hall–Kier alpha value is -1.25. The van der Waals surface area contributed by atoms with E-state index in [0.717, 1.165) is 23.7 Å². The third-order valence-electron chi connectivity index (χ3n) is 2.50. The van der Waals surface area contributed by atoms with Crippen LogP contribution in [0.5, 0.6) is 0 Å². The molecular formula is C13H23N3. The molecule has 2 N–H and O–H groups in total. The van der Waals surface area contributed by atoms with E-state index in [0.29, 0.717) is 12.0 Å². The van der Waals surface area contributed by atoms with E-state index in [1.54, 1.807) is 0 Å². The smallest absolute Gasteiger partial charge is 0.152 e. The van der Waals surface area contributed by atoms with Gasteiger partial charge in [-0.25, -0.2) is 4.98 Å². The van der Waals surface area contributed by atoms with Crippen molar-refractivity contribution < 1.29 is 0 Å². The molecule has 0 atom stereocenters. The molecule has 0 aromatic carbocycles. The van der Waals surface area contributed by atoms with Crippen LogP contribution in [0.1, 0.15) is 33.4 Å². The van der Waals surface area contributed by atoms with Gasteiger partial charge in [0.1, 0.15) is 0 Å². The first-order valence-electron chi connectivity index (χ1n) is 5.91. The molecular weight excluding hydrogens is 198 g/mol. The van der Waals surface area contributed by atoms with Crippen LogP contribution in [0.3, 0.4) is 0 Å². The molecule has 0 saturated carbocycles. The van der Waals surface area contributed by atoms with Crippen molar-refractivity contribution in [2.24, 2.45) is 5.92 Å². The van der Waals surface area contributed by atoms with E-state index >= 15 is 0 Å². The minimum absolute atomic E-state index is 0.416. The first-order chi connectivity index (χ1) is 7.41. The number of aryl methyl sites for hydroxylation is 1. The number of aromatic nitrogens is 1. The normalized spacial score (nSPS) is 11.2. The second-order valence-electron chi connectivity index (χ2n) is 5.01. The van der Waals surface area contributed by atoms with Crippen LogP contribution in [-0.4, -0.2) is 17.6 Å². The second-order valence-corrected chi connectivity index (χ2v) is 5.01. The fraction of sp³-hybridized carbons (Fsp3) is 0.615. The van der Waals surface area contributed by atoms with Gasteiger partial charge in [-0.1, -0.05) is 13.8 Å². The maximum Gasteiger partial charge on any atom is 0.152 e. The highest BCUT2D eigenvalue weighted by Crippen LogP contribution is 2.23. The third kappa shape index (κ3) is 3.12. The highest BCUT2D eigenvalue weighted by Gasteiger charge is 2.16. The monoisotopic (exact) mass is 221 g/mol. The number of rotatable bonds is 4. The molecule has 0 aliphatic heterocycles. The van der Waals surface area contributed by atoms with Gasteiger partial charge in [-0.15, -0.1) is 0 Å². The molecule has 0 aliphatic carbocycles. The Kier molecular flexibility index (Phi) is 4.16. The van der Waals surface area contributed by atoms with Crippen molar-refractivity contribution in [3.8, 4) is 0 Å². The summed E-state index contributed by atoms with van der Waals surface area (Å²) in [6, 6.07) is 4.30. The summed E-state index contributed by atoms with van der Waals surface area (Å²) < 4.78 is 0. The summed E-state index contributed by atoms with van der Waals surface area (Å²) in [6.07, 6.45) is 0. The summed E-state index contributed by atoms with van der Waals surface area (Å²) in [5.74, 6) is 1.52. The van der Waals surface area contributed by atoms with Gasteiger partial charge in [0, 0.05) is 18.3 Å². The Bertz CT molecular complexity index is 345. The standard InChI is InChI=1S/C13H23N3/c1-9(2)8-16(10(3)4)13-12(14)7-6-11(5)15-13/h6-7,9-10H,8,14H2,1-5H3. The maximum atomic E-state index is 6.00. The van der Waals surface area contributed by atoms with Crippen molar-refractivity contribution in [3.63, 3.8) is 0 Å². The Balaban J connectivity index is 3.05. The van der Waals surface area contributed by atoms with Crippen LogP contribution in [0, 0.1) is 12.8 Å². The minimum atomic E-state index is 0.416. The number of nitrogen functional groups attached to an aromatic ring is 1. The van der Waals surface area contributed by atoms with Crippen molar-refractivity contribution in [3.05, 3.63) is 17.8 Å². The Morgan fingerprint density at radius 2 is 1.88 bits per heavy atom. The Morgan fingerprint density at radius 3 is 2.38 bits per heavy atom. The minimum Gasteiger partial charge on any atom is -0.396 e. The lowest BCUT2D eigenvalue weighted by molar-refractivity contribution is 0.566. The molecule has 1 aromatic heterocycles. The van der Waals surface area contributed by atoms with Gasteiger partial charge < -0.3 is 10.6 Å². The first-order valence-corrected chi connectivity index (χ1v) is 5.91. The molecule has 0 bridgehead atoms. The average molecular weight is 221 g/mol. The number of nitrogens with zero attached hydrogens (tertiary/aromatic N) is 2. The summed E-state index contributed by atoms with van der Waals surface area (Å²) in [5.41, 5.74) is 7.78. The topological polar surface area (TPSA) is 42.1 Å². The Morgan fingerprint density at radius 1 is 1.25 bits per heavy atom. The number of hydrogen-bond acceptors (Lipinski definition) is 3. The van der Waals surface area contributed by atoms with Crippen LogP contribution < -0.4 is 10.6 Å². The molecule has 16 heavy (non-hydrogen) atoms. The molecule has 3 nitrogen and oxygen atoms in total. The highest BCUT2D eigenvalue weighted by molar-refractivity contribution is 5.63. The molecule has 90 valence electrons. The summed E-state index contributed by atoms with van der Waals surface area (Å²) in [4.78, 5) is 6.82. The molecule has 0 spiro atoms. The molecule has 3 heteroatoms. The lowest BCUT2D eigenvalue weighted by atomic mass is 10.1. The van der Waals surface area contributed by atoms with Gasteiger partial charge in [0.2, 0.25) is 0 Å². The van der Waals surface area contributed by atoms with Crippen molar-refractivity contribution in [1.29, 1.82) is 0 Å². The highest BCUT2D eigenvalue weighted by atomic mass is 15.2. The van der Waals surface area contributed by atoms with Gasteiger partial charge in [-0.05, 0) is 38.8 Å². The first kappa shape index (κ1) is 12.8. The average Bonchev–Trinajstić information content (AvgIpc) is 2.18. The fourth-order valence-electron chi connectivity index (χ4n) is 1.72. The van der Waals surface area contributed by atoms with Crippen LogP contribution in [0.15, 0.2) is 12.1 Å². The van der Waals surface area contributed by atoms with Gasteiger partial charge in [0.05, 0.1) is 5.69 Å². The number of pyridine rings is 1. The third-order valence-corrected chi connectivity index (χ3v) is 2.50. The number of hydrogen-bond donors (Lipinski definition) is 1. The maximum absolute atomic E-state index is 6.00. The molecule has 1 rings (SSSR count). The molecule has 1 aromatic rings. The van der Waals surface area contributed by atoms with E-state index in [-0.39, 0.29) is 0 Å². The van der Waals surface area contributed by atoms with Gasteiger partial charge >= 0.3 is 0 Å². The van der Waals surface area contributed by atoms with E-state index < -0.39 is 0 Å². The largest absolute Gasteiger partial charge is 0.396 e. The zero-order chi connectivity index (χ0) is 12.3. The lowest BCUT2D eigenvalue weighted by Gasteiger charge is -2.30. The van der Waals surface area contributed by atoms with Crippen molar-refractivity contribution >= 4 is 11.5 Å². The van der Waals surface area contributed by atoms with E-state index in [9.17, 15) is 0 Å². The SMILES string of the molecule is Cc1ccc(N)c(N(CC(C)C)C(C)C)n1. The van der Waals surface area contributed by atoms with Crippen LogP contribution >= 0.6 is 0 Å². The van der Waals surface area contributed by atoms with Crippen molar-refractivity contribution in [2.75, 3.05) is 17.2 Å². The van der Waals surface area contributed by atoms with Crippen LogP contribution in [0.2, 0.25) is 0 Å². The molecule has 0 aliphatic rings. The quantitative estimate of drug-likeness (QED) is 0.850. The van der Waals surface area contributed by atoms with Crippen LogP contribution in [0.25, 0.3) is 0 Å². The molecule has 0 radical (unpaired) electrons. The van der Waals surface area contributed by atoms with E-state index in [1.807, 2.05) is 19.1 Å². The van der Waals surface area contributed by atoms with Crippen molar-refractivity contribution in [2.45, 2.75) is 40.7 Å². The van der Waals surface area contributed by atoms with E-state index in [4.69, 9.17) is 5.73 Å². The zero-order valence-electron chi connectivity index (χ0n) is 11.0. The van der Waals surface area contributed by atoms with Gasteiger partial charge in [-0.2, -0.15) is 0 Å². The molecule has 1 heterocycles. The van der Waals surface area contributed by atoms with E-state index in [1.165, 1.54) is 0 Å². The molecule has 0 saturated heterocycles. The molecule has 0 unspecified atom stereocenters. The lowest BCUT2D eigenvalue weighted by Crippen LogP contribution is -2.35. The Labute approximate surface area is 98.7 Å². The fourth-order valence-corrected chi connectivity index (χ4v) is 1.72. The second kappa shape index (κ2) is 5.19. The van der Waals surface area contributed by atoms with Crippen LogP contribution in [-0.2, 0) is 0 Å². The summed E-state index contributed by atoms with van der Waals surface area (Å²) >= 11 is 0. The van der Waals surface area contributed by atoms with Gasteiger partial charge in [0.15, 0.2) is 5.82 Å². The molecule has 0 amide bonds. The van der Waals surface area contributed by atoms with Crippen molar-refractivity contribution in [1.82, 2.24) is 4.98 Å². The zero-order valence-corrected chi connectivity index (χ0v) is 11.0. The van der Waals surface area contributed by atoms with Gasteiger partial charge in [-0.3, -0.25) is 0 Å². The molecule has 0 fully saturated rings.